The average Bonchev–Trinajstić information content (AvgIpc) is 2.95. The number of carbonyl (C=O) groups excluding carboxylic acids is 1. The van der Waals surface area contributed by atoms with Crippen LogP contribution in [0.3, 0.4) is 0 Å². The van der Waals surface area contributed by atoms with Crippen molar-refractivity contribution >= 4 is 28.0 Å². The highest BCUT2D eigenvalue weighted by Crippen LogP contribution is 2.32. The molecule has 1 N–H and O–H groups in total. The Balaban J connectivity index is 2.23. The first-order chi connectivity index (χ1) is 10.2. The Hall–Kier alpha value is -2.28. The Labute approximate surface area is 126 Å². The summed E-state index contributed by atoms with van der Waals surface area (Å²) in [6.07, 6.45) is 0. The third-order valence-corrected chi connectivity index (χ3v) is 3.42. The van der Waals surface area contributed by atoms with Crippen molar-refractivity contribution in [3.05, 3.63) is 29.4 Å². The Bertz CT molecular complexity index is 627. The number of ether oxygens (including phenoxy) is 3. The zero-order valence-corrected chi connectivity index (χ0v) is 12.8. The predicted molar refractivity (Wildman–Crippen MR) is 80.9 cm³/mol. The van der Waals surface area contributed by atoms with Crippen LogP contribution in [0.4, 0.5) is 10.7 Å². The van der Waals surface area contributed by atoms with Crippen LogP contribution in [0.1, 0.15) is 17.4 Å². The van der Waals surface area contributed by atoms with E-state index in [1.807, 2.05) is 6.07 Å². The van der Waals surface area contributed by atoms with Gasteiger partial charge in [-0.2, -0.15) is 0 Å². The van der Waals surface area contributed by atoms with E-state index in [0.717, 1.165) is 5.69 Å². The first-order valence-corrected chi connectivity index (χ1v) is 7.17. The Kier molecular flexibility index (Phi) is 4.99. The summed E-state index contributed by atoms with van der Waals surface area (Å²) in [5, 5.41) is 3.76. The highest BCUT2D eigenvalue weighted by molar-refractivity contribution is 7.14. The van der Waals surface area contributed by atoms with E-state index >= 15 is 0 Å². The molecular weight excluding hydrogens is 292 g/mol. The van der Waals surface area contributed by atoms with E-state index in [-0.39, 0.29) is 5.69 Å². The van der Waals surface area contributed by atoms with Crippen molar-refractivity contribution in [3.8, 4) is 11.5 Å². The maximum absolute atomic E-state index is 11.8. The van der Waals surface area contributed by atoms with Gasteiger partial charge in [-0.15, -0.1) is 11.3 Å². The molecule has 0 spiro atoms. The van der Waals surface area contributed by atoms with Crippen LogP contribution in [-0.2, 0) is 4.74 Å². The van der Waals surface area contributed by atoms with Gasteiger partial charge < -0.3 is 19.5 Å². The molecule has 0 fully saturated rings. The number of esters is 1. The molecule has 21 heavy (non-hydrogen) atoms. The van der Waals surface area contributed by atoms with Gasteiger partial charge in [0, 0.05) is 11.8 Å². The standard InChI is InChI=1S/C14H16N2O4S/c1-4-20-14(17)12-13(21-8-15-12)16-9-5-6-10(18-2)11(7-9)19-3/h5-8,16H,4H2,1-3H3. The largest absolute Gasteiger partial charge is 0.493 e. The highest BCUT2D eigenvalue weighted by Gasteiger charge is 2.16. The second kappa shape index (κ2) is 6.94. The van der Waals surface area contributed by atoms with Gasteiger partial charge >= 0.3 is 5.97 Å². The van der Waals surface area contributed by atoms with Crippen molar-refractivity contribution in [2.24, 2.45) is 0 Å². The fourth-order valence-corrected chi connectivity index (χ4v) is 2.41. The van der Waals surface area contributed by atoms with Crippen molar-refractivity contribution < 1.29 is 19.0 Å². The van der Waals surface area contributed by atoms with Crippen molar-refractivity contribution in [3.63, 3.8) is 0 Å². The Morgan fingerprint density at radius 3 is 2.71 bits per heavy atom. The molecule has 0 aliphatic carbocycles. The number of methoxy groups -OCH3 is 2. The Morgan fingerprint density at radius 2 is 2.05 bits per heavy atom. The number of benzene rings is 1. The van der Waals surface area contributed by atoms with Crippen molar-refractivity contribution in [1.29, 1.82) is 0 Å². The minimum absolute atomic E-state index is 0.275. The van der Waals surface area contributed by atoms with E-state index in [9.17, 15) is 4.79 Å². The summed E-state index contributed by atoms with van der Waals surface area (Å²) in [6, 6.07) is 5.40. The molecule has 0 unspecified atom stereocenters. The number of carbonyl (C=O) groups is 1. The minimum Gasteiger partial charge on any atom is -0.493 e. The molecule has 0 amide bonds. The van der Waals surface area contributed by atoms with Crippen molar-refractivity contribution in [2.75, 3.05) is 26.1 Å². The fourth-order valence-electron chi connectivity index (χ4n) is 1.72. The predicted octanol–water partition coefficient (Wildman–Crippen LogP) is 3.08. The van der Waals surface area contributed by atoms with Gasteiger partial charge in [0.1, 0.15) is 5.00 Å². The molecule has 1 aromatic carbocycles. The number of anilines is 2. The number of hydrogen-bond donors (Lipinski definition) is 1. The van der Waals surface area contributed by atoms with Crippen molar-refractivity contribution in [2.45, 2.75) is 6.92 Å². The molecule has 1 aromatic heterocycles. The zero-order valence-electron chi connectivity index (χ0n) is 12.0. The molecule has 2 rings (SSSR count). The van der Waals surface area contributed by atoms with Crippen LogP contribution < -0.4 is 14.8 Å². The van der Waals surface area contributed by atoms with Crippen LogP contribution >= 0.6 is 11.3 Å². The second-order valence-electron chi connectivity index (χ2n) is 3.95. The lowest BCUT2D eigenvalue weighted by molar-refractivity contribution is 0.0521. The summed E-state index contributed by atoms with van der Waals surface area (Å²) in [5.74, 6) is 0.796. The molecule has 0 aliphatic heterocycles. The number of hydrogen-bond acceptors (Lipinski definition) is 7. The number of nitrogens with zero attached hydrogens (tertiary/aromatic N) is 1. The number of thiazole rings is 1. The van der Waals surface area contributed by atoms with E-state index in [0.29, 0.717) is 23.1 Å². The van der Waals surface area contributed by atoms with Gasteiger partial charge in [-0.1, -0.05) is 0 Å². The van der Waals surface area contributed by atoms with E-state index < -0.39 is 5.97 Å². The van der Waals surface area contributed by atoms with Crippen LogP contribution in [0.2, 0.25) is 0 Å². The van der Waals surface area contributed by atoms with E-state index in [2.05, 4.69) is 10.3 Å². The molecular formula is C14H16N2O4S. The summed E-state index contributed by atoms with van der Waals surface area (Å²) in [5.41, 5.74) is 2.63. The van der Waals surface area contributed by atoms with E-state index in [4.69, 9.17) is 14.2 Å². The van der Waals surface area contributed by atoms with Crippen molar-refractivity contribution in [1.82, 2.24) is 4.98 Å². The van der Waals surface area contributed by atoms with Gasteiger partial charge in [0.15, 0.2) is 17.2 Å². The summed E-state index contributed by atoms with van der Waals surface area (Å²) in [7, 11) is 3.14. The van der Waals surface area contributed by atoms with E-state index in [1.165, 1.54) is 11.3 Å². The Morgan fingerprint density at radius 1 is 1.29 bits per heavy atom. The lowest BCUT2D eigenvalue weighted by Gasteiger charge is -2.10. The molecule has 7 heteroatoms. The maximum Gasteiger partial charge on any atom is 0.360 e. The quantitative estimate of drug-likeness (QED) is 0.827. The smallest absolute Gasteiger partial charge is 0.360 e. The SMILES string of the molecule is CCOC(=O)c1ncsc1Nc1ccc(OC)c(OC)c1. The third-order valence-electron chi connectivity index (χ3n) is 2.68. The number of rotatable bonds is 6. The highest BCUT2D eigenvalue weighted by atomic mass is 32.1. The molecule has 0 saturated heterocycles. The number of aromatic nitrogens is 1. The van der Waals surface area contributed by atoms with Crippen LogP contribution in [0.15, 0.2) is 23.7 Å². The van der Waals surface area contributed by atoms with Gasteiger partial charge in [-0.3, -0.25) is 0 Å². The van der Waals surface area contributed by atoms with Crippen LogP contribution in [0.5, 0.6) is 11.5 Å². The van der Waals surface area contributed by atoms with Crippen LogP contribution in [0, 0.1) is 0 Å². The minimum atomic E-state index is -0.443. The monoisotopic (exact) mass is 308 g/mol. The topological polar surface area (TPSA) is 69.7 Å². The molecule has 6 nitrogen and oxygen atoms in total. The molecule has 0 atom stereocenters. The number of nitrogens with one attached hydrogen (secondary N) is 1. The molecule has 0 bridgehead atoms. The summed E-state index contributed by atoms with van der Waals surface area (Å²) in [6.45, 7) is 2.07. The average molecular weight is 308 g/mol. The molecule has 112 valence electrons. The summed E-state index contributed by atoms with van der Waals surface area (Å²) >= 11 is 1.33. The summed E-state index contributed by atoms with van der Waals surface area (Å²) in [4.78, 5) is 15.8. The molecule has 0 radical (unpaired) electrons. The lowest BCUT2D eigenvalue weighted by Crippen LogP contribution is -2.07. The van der Waals surface area contributed by atoms with E-state index in [1.54, 1.807) is 38.8 Å². The molecule has 2 aromatic rings. The lowest BCUT2D eigenvalue weighted by atomic mass is 10.2. The van der Waals surface area contributed by atoms with Crippen LogP contribution in [0.25, 0.3) is 0 Å². The fraction of sp³-hybridized carbons (Fsp3) is 0.286. The summed E-state index contributed by atoms with van der Waals surface area (Å²) < 4.78 is 15.4. The first-order valence-electron chi connectivity index (χ1n) is 6.29. The first kappa shape index (κ1) is 15.1. The molecule has 0 aliphatic rings. The van der Waals surface area contributed by atoms with Gasteiger partial charge in [0.2, 0.25) is 0 Å². The van der Waals surface area contributed by atoms with Gasteiger partial charge in [-0.05, 0) is 19.1 Å². The zero-order chi connectivity index (χ0) is 15.2. The normalized spacial score (nSPS) is 10.0. The maximum atomic E-state index is 11.8. The molecule has 0 saturated carbocycles. The van der Waals surface area contributed by atoms with Gasteiger partial charge in [0.25, 0.3) is 0 Å². The van der Waals surface area contributed by atoms with Gasteiger partial charge in [-0.25, -0.2) is 9.78 Å². The second-order valence-corrected chi connectivity index (χ2v) is 4.80. The van der Waals surface area contributed by atoms with Crippen LogP contribution in [-0.4, -0.2) is 31.8 Å². The third kappa shape index (κ3) is 3.43. The van der Waals surface area contributed by atoms with Gasteiger partial charge in [0.05, 0.1) is 26.3 Å². The molecule has 1 heterocycles.